The molecule has 0 aliphatic heterocycles. The van der Waals surface area contributed by atoms with E-state index in [1.54, 1.807) is 27.7 Å². The third-order valence-electron chi connectivity index (χ3n) is 4.16. The molecule has 1 amide bonds. The second-order valence-electron chi connectivity index (χ2n) is 7.39. The van der Waals surface area contributed by atoms with Gasteiger partial charge in [0.1, 0.15) is 0 Å². The molecule has 0 atom stereocenters. The molecule has 6 heteroatoms. The Morgan fingerprint density at radius 3 is 1.65 bits per heavy atom. The van der Waals surface area contributed by atoms with Gasteiger partial charge in [0, 0.05) is 13.0 Å². The molecule has 0 spiro atoms. The molecule has 0 rings (SSSR count). The lowest BCUT2D eigenvalue weighted by Crippen LogP contribution is -2.26. The fourth-order valence-corrected chi connectivity index (χ4v) is 2.07. The Bertz CT molecular complexity index is 415. The van der Waals surface area contributed by atoms with Crippen molar-refractivity contribution in [2.45, 2.75) is 72.6 Å². The highest BCUT2D eigenvalue weighted by atomic mass is 16.4. The van der Waals surface area contributed by atoms with Crippen molar-refractivity contribution >= 4 is 17.8 Å². The molecular weight excluding hydrogens is 298 g/mol. The first-order valence-corrected chi connectivity index (χ1v) is 8.22. The first-order chi connectivity index (χ1) is 10.5. The Hall–Kier alpha value is -1.59. The highest BCUT2D eigenvalue weighted by molar-refractivity contribution is 5.76. The van der Waals surface area contributed by atoms with Crippen molar-refractivity contribution in [2.75, 3.05) is 6.54 Å². The van der Waals surface area contributed by atoms with Crippen LogP contribution in [0.15, 0.2) is 0 Å². The fourth-order valence-electron chi connectivity index (χ4n) is 2.07. The molecule has 0 bridgehead atoms. The summed E-state index contributed by atoms with van der Waals surface area (Å²) in [5.74, 6) is -1.65. The summed E-state index contributed by atoms with van der Waals surface area (Å²) in [7, 11) is 0. The highest BCUT2D eigenvalue weighted by Gasteiger charge is 2.26. The first kappa shape index (κ1) is 21.4. The molecule has 0 aromatic rings. The minimum absolute atomic E-state index is 0.0318. The van der Waals surface area contributed by atoms with E-state index >= 15 is 0 Å². The van der Waals surface area contributed by atoms with E-state index in [0.29, 0.717) is 38.6 Å². The van der Waals surface area contributed by atoms with Crippen LogP contribution in [0.4, 0.5) is 0 Å². The molecular formula is C17H31NO5. The molecule has 0 radical (unpaired) electrons. The van der Waals surface area contributed by atoms with Crippen molar-refractivity contribution in [3.05, 3.63) is 0 Å². The van der Waals surface area contributed by atoms with Gasteiger partial charge in [0.15, 0.2) is 0 Å². The van der Waals surface area contributed by atoms with Gasteiger partial charge in [-0.2, -0.15) is 0 Å². The van der Waals surface area contributed by atoms with E-state index in [4.69, 9.17) is 10.2 Å². The van der Waals surface area contributed by atoms with Crippen LogP contribution in [-0.2, 0) is 14.4 Å². The van der Waals surface area contributed by atoms with Gasteiger partial charge in [0.25, 0.3) is 0 Å². The number of rotatable bonds is 12. The van der Waals surface area contributed by atoms with Crippen molar-refractivity contribution in [1.29, 1.82) is 0 Å². The van der Waals surface area contributed by atoms with Crippen LogP contribution in [0, 0.1) is 10.8 Å². The maximum absolute atomic E-state index is 11.6. The molecule has 0 saturated heterocycles. The van der Waals surface area contributed by atoms with Gasteiger partial charge in [0.05, 0.1) is 10.8 Å². The van der Waals surface area contributed by atoms with Gasteiger partial charge >= 0.3 is 11.9 Å². The van der Waals surface area contributed by atoms with Crippen molar-refractivity contribution in [3.8, 4) is 0 Å². The second-order valence-corrected chi connectivity index (χ2v) is 7.39. The molecule has 0 fully saturated rings. The summed E-state index contributed by atoms with van der Waals surface area (Å²) >= 11 is 0. The summed E-state index contributed by atoms with van der Waals surface area (Å²) in [6.45, 7) is 7.33. The summed E-state index contributed by atoms with van der Waals surface area (Å²) in [5, 5.41) is 20.8. The number of hydrogen-bond acceptors (Lipinski definition) is 3. The SMILES string of the molecule is CC(C)(CCCCNC(=O)CCCCC(C)(C)C(=O)O)C(=O)O. The third kappa shape index (κ3) is 9.21. The number of aliphatic carboxylic acids is 2. The lowest BCUT2D eigenvalue weighted by molar-refractivity contribution is -0.148. The van der Waals surface area contributed by atoms with Crippen LogP contribution in [0.25, 0.3) is 0 Å². The van der Waals surface area contributed by atoms with Gasteiger partial charge in [-0.25, -0.2) is 0 Å². The van der Waals surface area contributed by atoms with Crippen LogP contribution in [0.5, 0.6) is 0 Å². The largest absolute Gasteiger partial charge is 0.481 e. The molecule has 0 aliphatic rings. The standard InChI is InChI=1S/C17H31NO5/c1-16(2,14(20)21)10-6-5-9-13(19)18-12-8-7-11-17(3,4)15(22)23/h5-12H2,1-4H3,(H,18,19)(H,20,21)(H,22,23). The molecule has 0 aliphatic carbocycles. The van der Waals surface area contributed by atoms with Gasteiger partial charge < -0.3 is 15.5 Å². The normalized spacial score (nSPS) is 12.0. The van der Waals surface area contributed by atoms with Crippen LogP contribution >= 0.6 is 0 Å². The van der Waals surface area contributed by atoms with Crippen LogP contribution in [0.1, 0.15) is 72.6 Å². The van der Waals surface area contributed by atoms with Gasteiger partial charge in [-0.15, -0.1) is 0 Å². The lowest BCUT2D eigenvalue weighted by atomic mass is 9.87. The zero-order valence-corrected chi connectivity index (χ0v) is 14.8. The monoisotopic (exact) mass is 329 g/mol. The molecule has 0 saturated carbocycles. The number of carbonyl (C=O) groups is 3. The zero-order valence-electron chi connectivity index (χ0n) is 14.8. The average Bonchev–Trinajstić information content (AvgIpc) is 2.42. The number of amides is 1. The van der Waals surface area contributed by atoms with Gasteiger partial charge in [0.2, 0.25) is 5.91 Å². The number of nitrogens with one attached hydrogen (secondary N) is 1. The number of carboxylic acid groups (broad SMARTS) is 2. The molecule has 0 aromatic carbocycles. The van der Waals surface area contributed by atoms with E-state index in [1.165, 1.54) is 0 Å². The minimum atomic E-state index is -0.814. The fraction of sp³-hybridized carbons (Fsp3) is 0.824. The Balaban J connectivity index is 3.70. The molecule has 3 N–H and O–H groups in total. The second kappa shape index (κ2) is 9.53. The molecule has 23 heavy (non-hydrogen) atoms. The Labute approximate surface area is 138 Å². The molecule has 0 heterocycles. The number of unbranched alkanes of at least 4 members (excludes halogenated alkanes) is 2. The highest BCUT2D eigenvalue weighted by Crippen LogP contribution is 2.24. The van der Waals surface area contributed by atoms with E-state index in [1.807, 2.05) is 0 Å². The third-order valence-corrected chi connectivity index (χ3v) is 4.16. The van der Waals surface area contributed by atoms with Crippen molar-refractivity contribution in [3.63, 3.8) is 0 Å². The Morgan fingerprint density at radius 2 is 1.22 bits per heavy atom. The Kier molecular flexibility index (Phi) is 8.87. The summed E-state index contributed by atoms with van der Waals surface area (Å²) in [5.41, 5.74) is -1.46. The van der Waals surface area contributed by atoms with E-state index in [9.17, 15) is 14.4 Å². The molecule has 6 nitrogen and oxygen atoms in total. The van der Waals surface area contributed by atoms with Crippen LogP contribution in [-0.4, -0.2) is 34.6 Å². The van der Waals surface area contributed by atoms with Gasteiger partial charge in [-0.05, 0) is 53.4 Å². The van der Waals surface area contributed by atoms with E-state index < -0.39 is 22.8 Å². The average molecular weight is 329 g/mol. The van der Waals surface area contributed by atoms with Crippen LogP contribution in [0.2, 0.25) is 0 Å². The number of hydrogen-bond donors (Lipinski definition) is 3. The van der Waals surface area contributed by atoms with Crippen LogP contribution < -0.4 is 5.32 Å². The molecule has 0 aromatic heterocycles. The first-order valence-electron chi connectivity index (χ1n) is 8.22. The lowest BCUT2D eigenvalue weighted by Gasteiger charge is -2.18. The van der Waals surface area contributed by atoms with Crippen molar-refractivity contribution in [1.82, 2.24) is 5.32 Å². The maximum Gasteiger partial charge on any atom is 0.309 e. The van der Waals surface area contributed by atoms with Crippen LogP contribution in [0.3, 0.4) is 0 Å². The maximum atomic E-state index is 11.6. The summed E-state index contributed by atoms with van der Waals surface area (Å²) in [6, 6.07) is 0. The predicted octanol–water partition coefficient (Wildman–Crippen LogP) is 3.05. The van der Waals surface area contributed by atoms with E-state index in [0.717, 1.165) is 12.8 Å². The molecule has 134 valence electrons. The number of carbonyl (C=O) groups excluding carboxylic acids is 1. The minimum Gasteiger partial charge on any atom is -0.481 e. The van der Waals surface area contributed by atoms with Gasteiger partial charge in [-0.1, -0.05) is 12.8 Å². The van der Waals surface area contributed by atoms with E-state index in [-0.39, 0.29) is 5.91 Å². The smallest absolute Gasteiger partial charge is 0.309 e. The van der Waals surface area contributed by atoms with Crippen molar-refractivity contribution in [2.24, 2.45) is 10.8 Å². The summed E-state index contributed by atoms with van der Waals surface area (Å²) < 4.78 is 0. The quantitative estimate of drug-likeness (QED) is 0.477. The van der Waals surface area contributed by atoms with Crippen molar-refractivity contribution < 1.29 is 24.6 Å². The van der Waals surface area contributed by atoms with E-state index in [2.05, 4.69) is 5.32 Å². The summed E-state index contributed by atoms with van der Waals surface area (Å²) in [4.78, 5) is 33.5. The zero-order chi connectivity index (χ0) is 18.1. The summed E-state index contributed by atoms with van der Waals surface area (Å²) in [6.07, 6.45) is 4.44. The Morgan fingerprint density at radius 1 is 0.783 bits per heavy atom. The predicted molar refractivity (Wildman–Crippen MR) is 88.2 cm³/mol. The number of carboxylic acids is 2. The topological polar surface area (TPSA) is 104 Å². The molecule has 0 unspecified atom stereocenters. The van der Waals surface area contributed by atoms with Gasteiger partial charge in [-0.3, -0.25) is 14.4 Å².